The van der Waals surface area contributed by atoms with E-state index in [2.05, 4.69) is 89.8 Å². The smallest absolute Gasteiger partial charge is 0.332 e. The average Bonchev–Trinajstić information content (AvgIpc) is 4.08. The molecular formula is C50H53Br2ClN8O8. The van der Waals surface area contributed by atoms with Gasteiger partial charge in [-0.1, -0.05) is 104 Å². The number of aromatic nitrogens is 6. The van der Waals surface area contributed by atoms with Gasteiger partial charge in [0.25, 0.3) is 11.8 Å². The lowest BCUT2D eigenvalue weighted by Gasteiger charge is -2.05. The van der Waals surface area contributed by atoms with Crippen molar-refractivity contribution in [2.24, 2.45) is 10.9 Å². The number of hydrogen-bond acceptors (Lipinski definition) is 14. The molecule has 0 aliphatic rings. The van der Waals surface area contributed by atoms with Crippen LogP contribution in [0.2, 0.25) is 0 Å². The summed E-state index contributed by atoms with van der Waals surface area (Å²) in [6.45, 7) is 5.78. The first-order chi connectivity index (χ1) is 32.9. The van der Waals surface area contributed by atoms with Gasteiger partial charge < -0.3 is 39.3 Å². The summed E-state index contributed by atoms with van der Waals surface area (Å²) in [5.74, 6) is 9.90. The molecule has 0 aliphatic heterocycles. The number of amidine groups is 1. The highest BCUT2D eigenvalue weighted by molar-refractivity contribution is 9.10. The number of hydrogen-bond donors (Lipinski definition) is 3. The number of aliphatic carboxylic acids is 1. The minimum atomic E-state index is -0.894. The van der Waals surface area contributed by atoms with Gasteiger partial charge in [-0.15, -0.1) is 18.8 Å². The molecule has 7 aromatic rings. The van der Waals surface area contributed by atoms with E-state index in [4.69, 9.17) is 41.0 Å². The minimum absolute atomic E-state index is 0. The first-order valence-corrected chi connectivity index (χ1v) is 22.4. The van der Waals surface area contributed by atoms with Crippen LogP contribution in [0.3, 0.4) is 0 Å². The van der Waals surface area contributed by atoms with Crippen molar-refractivity contribution in [1.29, 1.82) is 0 Å². The van der Waals surface area contributed by atoms with Crippen molar-refractivity contribution in [3.05, 3.63) is 165 Å². The largest absolute Gasteiger partial charge is 0.479 e. The highest BCUT2D eigenvalue weighted by Crippen LogP contribution is 2.24. The number of carboxylic acid groups (broad SMARTS) is 1. The van der Waals surface area contributed by atoms with Gasteiger partial charge in [0.05, 0.1) is 0 Å². The number of ether oxygens (including phenoxy) is 3. The number of carboxylic acids is 1. The number of halogens is 3. The molecule has 16 nitrogen and oxygen atoms in total. The first kappa shape index (κ1) is 58.4. The summed E-state index contributed by atoms with van der Waals surface area (Å²) in [5, 5.41) is 27.4. The van der Waals surface area contributed by atoms with E-state index in [1.165, 1.54) is 7.11 Å². The number of carbonyl (C=O) groups is 1. The topological polar surface area (TPSA) is 227 Å². The highest BCUT2D eigenvalue weighted by atomic mass is 79.9. The number of terminal acetylenes is 1. The maximum absolute atomic E-state index is 10.0. The van der Waals surface area contributed by atoms with Crippen LogP contribution in [0.5, 0.6) is 0 Å². The van der Waals surface area contributed by atoms with Gasteiger partial charge >= 0.3 is 5.97 Å². The number of methoxy groups -OCH3 is 3. The molecule has 7 rings (SSSR count). The second kappa shape index (κ2) is 32.8. The third-order valence-corrected chi connectivity index (χ3v) is 10.0. The summed E-state index contributed by atoms with van der Waals surface area (Å²) in [4.78, 5) is 26.8. The minimum Gasteiger partial charge on any atom is -0.479 e. The molecule has 4 aromatic heterocycles. The Kier molecular flexibility index (Phi) is 27.8. The highest BCUT2D eigenvalue weighted by Gasteiger charge is 2.18. The number of oxime groups is 1. The molecule has 0 radical (unpaired) electrons. The van der Waals surface area contributed by atoms with Crippen molar-refractivity contribution in [3.63, 3.8) is 0 Å². The summed E-state index contributed by atoms with van der Waals surface area (Å²) in [6.07, 6.45) is 9.61. The molecule has 0 bridgehead atoms. The molecule has 362 valence electrons. The maximum Gasteiger partial charge on any atom is 0.332 e. The zero-order valence-corrected chi connectivity index (χ0v) is 42.7. The van der Waals surface area contributed by atoms with Gasteiger partial charge in [-0.05, 0) is 110 Å². The molecule has 0 spiro atoms. The second-order valence-corrected chi connectivity index (χ2v) is 15.4. The SMILES string of the molecule is C#Cc1ccccn1.CCC(OC)C(=O)O.CCC(OC)c1nc(-c2ccc(Br)cc2)no1.CCC(OC)c1nc(-c2ccc(C#Cc3ccccn3)cc2)no1.Cl.N/C(=N\O)c1ccc(Br)cc1. The molecular weight excluding hydrogens is 1040 g/mol. The summed E-state index contributed by atoms with van der Waals surface area (Å²) in [7, 11) is 4.66. The number of pyridine rings is 2. The number of nitrogens with zero attached hydrogens (tertiary/aromatic N) is 7. The Balaban J connectivity index is 0.000000317. The molecule has 4 heterocycles. The monoisotopic (exact) mass is 1090 g/mol. The van der Waals surface area contributed by atoms with Crippen LogP contribution >= 0.6 is 44.3 Å². The molecule has 69 heavy (non-hydrogen) atoms. The lowest BCUT2D eigenvalue weighted by molar-refractivity contribution is -0.148. The van der Waals surface area contributed by atoms with Crippen molar-refractivity contribution in [3.8, 4) is 47.0 Å². The normalized spacial score (nSPS) is 11.4. The van der Waals surface area contributed by atoms with Gasteiger partial charge in [0.15, 0.2) is 11.9 Å². The maximum atomic E-state index is 10.0. The fourth-order valence-corrected chi connectivity index (χ4v) is 5.82. The summed E-state index contributed by atoms with van der Waals surface area (Å²) in [6, 6.07) is 33.8. The molecule has 19 heteroatoms. The van der Waals surface area contributed by atoms with Crippen LogP contribution in [-0.4, -0.2) is 79.8 Å². The Bertz CT molecular complexity index is 2640. The second-order valence-electron chi connectivity index (χ2n) is 13.5. The lowest BCUT2D eigenvalue weighted by Crippen LogP contribution is -2.20. The van der Waals surface area contributed by atoms with Gasteiger partial charge in [-0.3, -0.25) is 0 Å². The number of benzene rings is 3. The molecule has 4 N–H and O–H groups in total. The van der Waals surface area contributed by atoms with Gasteiger partial charge in [0.1, 0.15) is 23.6 Å². The quantitative estimate of drug-likeness (QED) is 0.0340. The molecule has 3 unspecified atom stereocenters. The van der Waals surface area contributed by atoms with Crippen molar-refractivity contribution >= 4 is 56.1 Å². The fourth-order valence-electron chi connectivity index (χ4n) is 5.29. The molecule has 0 fully saturated rings. The van der Waals surface area contributed by atoms with Gasteiger partial charge in [0.2, 0.25) is 11.6 Å². The van der Waals surface area contributed by atoms with Crippen molar-refractivity contribution in [2.45, 2.75) is 58.3 Å². The molecule has 0 saturated carbocycles. The van der Waals surface area contributed by atoms with Crippen LogP contribution < -0.4 is 5.73 Å². The van der Waals surface area contributed by atoms with Crippen LogP contribution in [0.4, 0.5) is 0 Å². The van der Waals surface area contributed by atoms with Gasteiger partial charge in [-0.2, -0.15) is 9.97 Å². The summed E-state index contributed by atoms with van der Waals surface area (Å²) < 4.78 is 27.6. The Labute approximate surface area is 424 Å². The van der Waals surface area contributed by atoms with Crippen molar-refractivity contribution in [2.75, 3.05) is 21.3 Å². The van der Waals surface area contributed by atoms with E-state index < -0.39 is 12.1 Å². The van der Waals surface area contributed by atoms with E-state index in [1.54, 1.807) is 51.7 Å². The number of rotatable bonds is 12. The van der Waals surface area contributed by atoms with Crippen LogP contribution in [0.25, 0.3) is 22.8 Å². The van der Waals surface area contributed by atoms with E-state index in [-0.39, 0.29) is 30.5 Å². The Hall–Kier alpha value is -6.77. The first-order valence-electron chi connectivity index (χ1n) is 20.8. The van der Waals surface area contributed by atoms with Crippen molar-refractivity contribution in [1.82, 2.24) is 30.2 Å². The summed E-state index contributed by atoms with van der Waals surface area (Å²) in [5.41, 5.74) is 10.2. The molecule has 0 aliphatic carbocycles. The van der Waals surface area contributed by atoms with Crippen LogP contribution in [0.1, 0.15) is 86.5 Å². The van der Waals surface area contributed by atoms with E-state index in [0.717, 1.165) is 44.2 Å². The molecule has 3 aromatic carbocycles. The predicted octanol–water partition coefficient (Wildman–Crippen LogP) is 10.7. The molecule has 3 atom stereocenters. The zero-order chi connectivity index (χ0) is 49.7. The Morgan fingerprint density at radius 1 is 0.696 bits per heavy atom. The fraction of sp³-hybridized carbons (Fsp3) is 0.240. The van der Waals surface area contributed by atoms with E-state index in [0.29, 0.717) is 41.1 Å². The van der Waals surface area contributed by atoms with Gasteiger partial charge in [0, 0.05) is 64.9 Å². The Morgan fingerprint density at radius 2 is 1.16 bits per heavy atom. The molecule has 0 saturated heterocycles. The standard InChI is InChI=1S/C19H17N3O2.C12H13BrN2O2.C7H7BrN2O.C7H5N.C5H10O3.ClH/c1-3-17(23-2)19-21-18(22-24-19)15-10-7-14(8-11-15)9-12-16-6-4-5-13-20-16;1-3-10(16-2)12-14-11(15-17-12)8-4-6-9(13)7-5-8;8-6-3-1-5(2-4-6)7(9)10-11;1-2-7-5-3-4-6-8-7;1-3-4(8-2)5(6)7;/h4-8,10-11,13,17H,3H2,1-2H3;4-7,10H,3H2,1-2H3;1-4,11H,(H2,9,10);1,3-6H;4H,3H2,1-2H3,(H,6,7);1H. The van der Waals surface area contributed by atoms with Crippen LogP contribution in [0, 0.1) is 24.2 Å². The van der Waals surface area contributed by atoms with E-state index in [1.807, 2.05) is 105 Å². The Morgan fingerprint density at radius 3 is 1.51 bits per heavy atom. The lowest BCUT2D eigenvalue weighted by atomic mass is 10.1. The average molecular weight is 1090 g/mol. The molecule has 0 amide bonds. The predicted molar refractivity (Wildman–Crippen MR) is 272 cm³/mol. The van der Waals surface area contributed by atoms with Gasteiger partial charge in [-0.25, -0.2) is 14.8 Å². The third-order valence-electron chi connectivity index (χ3n) is 8.98. The van der Waals surface area contributed by atoms with E-state index in [9.17, 15) is 4.79 Å². The number of nitrogens with two attached hydrogens (primary N) is 1. The third kappa shape index (κ3) is 20.6. The summed E-state index contributed by atoms with van der Waals surface area (Å²) >= 11 is 6.66. The van der Waals surface area contributed by atoms with E-state index >= 15 is 0 Å². The van der Waals surface area contributed by atoms with Crippen molar-refractivity contribution < 1.29 is 38.4 Å². The van der Waals surface area contributed by atoms with Crippen LogP contribution in [-0.2, 0) is 19.0 Å². The zero-order valence-electron chi connectivity index (χ0n) is 38.7. The van der Waals surface area contributed by atoms with Crippen LogP contribution in [0.15, 0.2) is 145 Å².